The van der Waals surface area contributed by atoms with E-state index in [1.807, 2.05) is 7.11 Å². The van der Waals surface area contributed by atoms with Crippen LogP contribution in [0.15, 0.2) is 0 Å². The number of methoxy groups -OCH3 is 1. The minimum absolute atomic E-state index is 0.413. The van der Waals surface area contributed by atoms with Gasteiger partial charge in [-0.25, -0.2) is 0 Å². The molecule has 0 aromatic rings. The molecule has 0 bridgehead atoms. The van der Waals surface area contributed by atoms with Gasteiger partial charge in [-0.15, -0.1) is 0 Å². The van der Waals surface area contributed by atoms with Gasteiger partial charge in [0.05, 0.1) is 6.61 Å². The van der Waals surface area contributed by atoms with Gasteiger partial charge in [0.25, 0.3) is 0 Å². The van der Waals surface area contributed by atoms with Crippen molar-refractivity contribution >= 4 is 0 Å². The van der Waals surface area contributed by atoms with Crippen molar-refractivity contribution in [3.63, 3.8) is 0 Å². The summed E-state index contributed by atoms with van der Waals surface area (Å²) in [6.45, 7) is 6.78. The Bertz CT molecular complexity index is 168. The first kappa shape index (κ1) is 12.0. The third-order valence-electron chi connectivity index (χ3n) is 3.95. The van der Waals surface area contributed by atoms with E-state index in [9.17, 15) is 0 Å². The smallest absolute Gasteiger partial charge is 0.0533 e. The number of ether oxygens (including phenoxy) is 1. The first-order valence-electron chi connectivity index (χ1n) is 5.89. The lowest BCUT2D eigenvalue weighted by Crippen LogP contribution is -2.52. The normalized spacial score (nSPS) is 34.7. The van der Waals surface area contributed by atoms with Gasteiger partial charge in [0, 0.05) is 18.6 Å². The lowest BCUT2D eigenvalue weighted by atomic mass is 9.71. The van der Waals surface area contributed by atoms with E-state index >= 15 is 0 Å². The summed E-state index contributed by atoms with van der Waals surface area (Å²) in [5.74, 6) is 0. The summed E-state index contributed by atoms with van der Waals surface area (Å²) in [4.78, 5) is 2.52. The molecule has 0 aromatic heterocycles. The number of rotatable bonds is 4. The van der Waals surface area contributed by atoms with Gasteiger partial charge in [0.15, 0.2) is 0 Å². The molecule has 2 nitrogen and oxygen atoms in total. The molecule has 1 rings (SSSR count). The molecular weight excluding hydrogens is 174 g/mol. The predicted octanol–water partition coefficient (Wildman–Crippen LogP) is 2.53. The van der Waals surface area contributed by atoms with E-state index in [4.69, 9.17) is 4.74 Å². The molecule has 1 saturated heterocycles. The van der Waals surface area contributed by atoms with E-state index in [2.05, 4.69) is 25.8 Å². The molecule has 14 heavy (non-hydrogen) atoms. The molecule has 0 aromatic carbocycles. The van der Waals surface area contributed by atoms with Crippen molar-refractivity contribution in [1.82, 2.24) is 4.90 Å². The Morgan fingerprint density at radius 2 is 2.14 bits per heavy atom. The summed E-state index contributed by atoms with van der Waals surface area (Å²) in [6.07, 6.45) is 5.14. The predicted molar refractivity (Wildman–Crippen MR) is 60.5 cm³/mol. The lowest BCUT2D eigenvalue weighted by molar-refractivity contribution is -0.0335. The van der Waals surface area contributed by atoms with E-state index in [0.29, 0.717) is 11.5 Å². The molecule has 0 radical (unpaired) electrons. The quantitative estimate of drug-likeness (QED) is 0.690. The Balaban J connectivity index is 2.77. The second kappa shape index (κ2) is 5.13. The SMILES string of the molecule is CCC1N(C)CCCC1(CC)COC. The van der Waals surface area contributed by atoms with Crippen LogP contribution in [-0.2, 0) is 4.74 Å². The topological polar surface area (TPSA) is 12.5 Å². The molecular formula is C12H25NO. The highest BCUT2D eigenvalue weighted by Crippen LogP contribution is 2.40. The first-order chi connectivity index (χ1) is 6.70. The highest BCUT2D eigenvalue weighted by atomic mass is 16.5. The van der Waals surface area contributed by atoms with E-state index in [1.54, 1.807) is 0 Å². The zero-order valence-corrected chi connectivity index (χ0v) is 10.2. The molecule has 0 N–H and O–H groups in total. The van der Waals surface area contributed by atoms with Gasteiger partial charge < -0.3 is 9.64 Å². The second-order valence-corrected chi connectivity index (χ2v) is 4.66. The molecule has 0 saturated carbocycles. The summed E-state index contributed by atoms with van der Waals surface area (Å²) in [7, 11) is 4.09. The van der Waals surface area contributed by atoms with Crippen molar-refractivity contribution < 1.29 is 4.74 Å². The van der Waals surface area contributed by atoms with Crippen LogP contribution in [0.1, 0.15) is 39.5 Å². The molecule has 1 fully saturated rings. The molecule has 84 valence electrons. The average Bonchev–Trinajstić information content (AvgIpc) is 2.18. The van der Waals surface area contributed by atoms with Gasteiger partial charge in [-0.3, -0.25) is 0 Å². The van der Waals surface area contributed by atoms with Crippen LogP contribution in [0, 0.1) is 5.41 Å². The second-order valence-electron chi connectivity index (χ2n) is 4.66. The maximum absolute atomic E-state index is 5.43. The minimum Gasteiger partial charge on any atom is -0.384 e. The Labute approximate surface area is 88.6 Å². The number of likely N-dealkylation sites (tertiary alicyclic amines) is 1. The van der Waals surface area contributed by atoms with Crippen molar-refractivity contribution in [3.05, 3.63) is 0 Å². The maximum atomic E-state index is 5.43. The fourth-order valence-electron chi connectivity index (χ4n) is 3.19. The number of nitrogens with zero attached hydrogens (tertiary/aromatic N) is 1. The average molecular weight is 199 g/mol. The molecule has 2 atom stereocenters. The van der Waals surface area contributed by atoms with Crippen LogP contribution in [0.4, 0.5) is 0 Å². The van der Waals surface area contributed by atoms with E-state index in [0.717, 1.165) is 6.61 Å². The fraction of sp³-hybridized carbons (Fsp3) is 1.00. The standard InChI is InChI=1S/C12H25NO/c1-5-11-12(6-2,10-14-4)8-7-9-13(11)3/h11H,5-10H2,1-4H3. The third-order valence-corrected chi connectivity index (χ3v) is 3.95. The van der Waals surface area contributed by atoms with Crippen molar-refractivity contribution in [3.8, 4) is 0 Å². The van der Waals surface area contributed by atoms with Crippen molar-refractivity contribution in [2.24, 2.45) is 5.41 Å². The lowest BCUT2D eigenvalue weighted by Gasteiger charge is -2.48. The zero-order chi connectivity index (χ0) is 10.6. The summed E-state index contributed by atoms with van der Waals surface area (Å²) in [6, 6.07) is 0.709. The van der Waals surface area contributed by atoms with Crippen molar-refractivity contribution in [1.29, 1.82) is 0 Å². The number of hydrogen-bond donors (Lipinski definition) is 0. The van der Waals surface area contributed by atoms with Crippen LogP contribution >= 0.6 is 0 Å². The fourth-order valence-corrected chi connectivity index (χ4v) is 3.19. The van der Waals surface area contributed by atoms with Crippen LogP contribution in [0.3, 0.4) is 0 Å². The van der Waals surface area contributed by atoms with Crippen molar-refractivity contribution in [2.45, 2.75) is 45.6 Å². The van der Waals surface area contributed by atoms with E-state index in [-0.39, 0.29) is 0 Å². The number of hydrogen-bond acceptors (Lipinski definition) is 2. The Morgan fingerprint density at radius 1 is 1.43 bits per heavy atom. The van der Waals surface area contributed by atoms with Crippen molar-refractivity contribution in [2.75, 3.05) is 27.3 Å². The highest BCUT2D eigenvalue weighted by molar-refractivity contribution is 4.93. The van der Waals surface area contributed by atoms with Gasteiger partial charge in [0.2, 0.25) is 0 Å². The Hall–Kier alpha value is -0.0800. The number of piperidine rings is 1. The van der Waals surface area contributed by atoms with Gasteiger partial charge in [0.1, 0.15) is 0 Å². The van der Waals surface area contributed by atoms with Crippen LogP contribution in [0.5, 0.6) is 0 Å². The van der Waals surface area contributed by atoms with Gasteiger partial charge >= 0.3 is 0 Å². The molecule has 0 amide bonds. The van der Waals surface area contributed by atoms with Crippen LogP contribution in [0.2, 0.25) is 0 Å². The van der Waals surface area contributed by atoms with E-state index < -0.39 is 0 Å². The monoisotopic (exact) mass is 199 g/mol. The molecule has 0 aliphatic carbocycles. The minimum atomic E-state index is 0.413. The largest absolute Gasteiger partial charge is 0.384 e. The molecule has 1 aliphatic rings. The van der Waals surface area contributed by atoms with Gasteiger partial charge in [-0.05, 0) is 39.3 Å². The summed E-state index contributed by atoms with van der Waals surface area (Å²) in [5, 5.41) is 0. The maximum Gasteiger partial charge on any atom is 0.0533 e. The zero-order valence-electron chi connectivity index (χ0n) is 10.2. The summed E-state index contributed by atoms with van der Waals surface area (Å²) in [5.41, 5.74) is 0.413. The molecule has 0 spiro atoms. The van der Waals surface area contributed by atoms with Gasteiger partial charge in [-0.2, -0.15) is 0 Å². The molecule has 2 unspecified atom stereocenters. The molecule has 1 heterocycles. The summed E-state index contributed by atoms with van der Waals surface area (Å²) < 4.78 is 5.43. The van der Waals surface area contributed by atoms with Crippen LogP contribution in [-0.4, -0.2) is 38.3 Å². The van der Waals surface area contributed by atoms with E-state index in [1.165, 1.54) is 32.2 Å². The van der Waals surface area contributed by atoms with Crippen LogP contribution < -0.4 is 0 Å². The molecule has 1 aliphatic heterocycles. The molecule has 2 heteroatoms. The summed E-state index contributed by atoms with van der Waals surface area (Å²) >= 11 is 0. The van der Waals surface area contributed by atoms with Gasteiger partial charge in [-0.1, -0.05) is 13.8 Å². The highest BCUT2D eigenvalue weighted by Gasteiger charge is 2.40. The third kappa shape index (κ3) is 2.12. The Kier molecular flexibility index (Phi) is 4.39. The Morgan fingerprint density at radius 3 is 2.64 bits per heavy atom. The van der Waals surface area contributed by atoms with Crippen LogP contribution in [0.25, 0.3) is 0 Å². The first-order valence-corrected chi connectivity index (χ1v) is 5.89.